The number of carbonyl (C=O) groups is 2. The minimum Gasteiger partial charge on any atom is -0.361 e. The zero-order chi connectivity index (χ0) is 24.3. The summed E-state index contributed by atoms with van der Waals surface area (Å²) in [5.74, 6) is 0.414. The lowest BCUT2D eigenvalue weighted by Gasteiger charge is -2.29. The zero-order valence-corrected chi connectivity index (χ0v) is 20.9. The summed E-state index contributed by atoms with van der Waals surface area (Å²) in [6.45, 7) is 8.22. The monoisotopic (exact) mass is 461 g/mol. The van der Waals surface area contributed by atoms with E-state index in [1.54, 1.807) is 4.90 Å². The smallest absolute Gasteiger partial charge is 0.242 e. The minimum atomic E-state index is 0.00758. The number of para-hydroxylation sites is 1. The SMILES string of the molecule is CCCCCC(=O)N(CC(=O)N(CCc1c[nH]c2ccccc12)Cc1ccccc1)CC(C)C. The Kier molecular flexibility index (Phi) is 9.75. The molecule has 182 valence electrons. The van der Waals surface area contributed by atoms with Crippen molar-refractivity contribution in [2.45, 2.75) is 59.4 Å². The van der Waals surface area contributed by atoms with Crippen molar-refractivity contribution in [2.75, 3.05) is 19.6 Å². The van der Waals surface area contributed by atoms with Crippen LogP contribution in [0, 0.1) is 5.92 Å². The summed E-state index contributed by atoms with van der Waals surface area (Å²) >= 11 is 0. The summed E-state index contributed by atoms with van der Waals surface area (Å²) in [5, 5.41) is 1.20. The van der Waals surface area contributed by atoms with Crippen LogP contribution < -0.4 is 0 Å². The predicted molar refractivity (Wildman–Crippen MR) is 139 cm³/mol. The number of benzene rings is 2. The molecule has 3 aromatic rings. The van der Waals surface area contributed by atoms with Gasteiger partial charge in [-0.05, 0) is 36.0 Å². The van der Waals surface area contributed by atoms with Crippen LogP contribution in [-0.4, -0.2) is 46.2 Å². The normalized spacial score (nSPS) is 11.2. The molecule has 0 aliphatic rings. The Morgan fingerprint density at radius 2 is 1.65 bits per heavy atom. The molecule has 0 fully saturated rings. The summed E-state index contributed by atoms with van der Waals surface area (Å²) in [6.07, 6.45) is 6.32. The predicted octanol–water partition coefficient (Wildman–Crippen LogP) is 5.80. The third kappa shape index (κ3) is 7.47. The van der Waals surface area contributed by atoms with Crippen LogP contribution in [-0.2, 0) is 22.6 Å². The Hall–Kier alpha value is -3.08. The van der Waals surface area contributed by atoms with Crippen LogP contribution in [0.3, 0.4) is 0 Å². The van der Waals surface area contributed by atoms with E-state index in [9.17, 15) is 9.59 Å². The lowest BCUT2D eigenvalue weighted by atomic mass is 10.1. The molecule has 2 amide bonds. The van der Waals surface area contributed by atoms with E-state index in [0.717, 1.165) is 36.8 Å². The van der Waals surface area contributed by atoms with E-state index in [2.05, 4.69) is 37.9 Å². The van der Waals surface area contributed by atoms with Gasteiger partial charge in [-0.3, -0.25) is 9.59 Å². The molecule has 0 bridgehead atoms. The highest BCUT2D eigenvalue weighted by Gasteiger charge is 2.22. The standard InChI is InChI=1S/C29H39N3O2/c1-4-5-7-16-28(33)32(20-23(2)3)22-29(34)31(21-24-12-8-6-9-13-24)18-17-25-19-30-27-15-11-10-14-26(25)27/h6,8-15,19,23,30H,4-5,7,16-18,20-22H2,1-3H3. The van der Waals surface area contributed by atoms with Gasteiger partial charge in [-0.1, -0.05) is 82.1 Å². The van der Waals surface area contributed by atoms with E-state index in [0.29, 0.717) is 32.0 Å². The summed E-state index contributed by atoms with van der Waals surface area (Å²) in [4.78, 5) is 33.4. The minimum absolute atomic E-state index is 0.00758. The number of hydrogen-bond acceptors (Lipinski definition) is 2. The molecule has 0 aliphatic carbocycles. The lowest BCUT2D eigenvalue weighted by Crippen LogP contribution is -2.44. The maximum atomic E-state index is 13.5. The van der Waals surface area contributed by atoms with Gasteiger partial charge in [-0.15, -0.1) is 0 Å². The summed E-state index contributed by atoms with van der Waals surface area (Å²) in [6, 6.07) is 18.3. The summed E-state index contributed by atoms with van der Waals surface area (Å²) in [7, 11) is 0. The van der Waals surface area contributed by atoms with Crippen LogP contribution in [0.15, 0.2) is 60.8 Å². The van der Waals surface area contributed by atoms with Crippen LogP contribution in [0.5, 0.6) is 0 Å². The number of aromatic nitrogens is 1. The molecule has 5 nitrogen and oxygen atoms in total. The third-order valence-corrected chi connectivity index (χ3v) is 6.15. The highest BCUT2D eigenvalue weighted by molar-refractivity contribution is 5.85. The van der Waals surface area contributed by atoms with E-state index in [1.165, 1.54) is 10.9 Å². The molecular formula is C29H39N3O2. The Balaban J connectivity index is 1.73. The average molecular weight is 462 g/mol. The molecular weight excluding hydrogens is 422 g/mol. The van der Waals surface area contributed by atoms with Crippen molar-refractivity contribution in [3.05, 3.63) is 71.9 Å². The van der Waals surface area contributed by atoms with Gasteiger partial charge < -0.3 is 14.8 Å². The van der Waals surface area contributed by atoms with E-state index in [4.69, 9.17) is 0 Å². The van der Waals surface area contributed by atoms with Crippen molar-refractivity contribution >= 4 is 22.7 Å². The molecule has 0 radical (unpaired) electrons. The Labute approximate surface area is 204 Å². The van der Waals surface area contributed by atoms with Crippen LogP contribution in [0.2, 0.25) is 0 Å². The maximum Gasteiger partial charge on any atom is 0.242 e. The number of aromatic amines is 1. The molecule has 0 saturated heterocycles. The van der Waals surface area contributed by atoms with Crippen LogP contribution in [0.1, 0.15) is 57.6 Å². The van der Waals surface area contributed by atoms with Gasteiger partial charge in [-0.2, -0.15) is 0 Å². The molecule has 34 heavy (non-hydrogen) atoms. The second-order valence-electron chi connectivity index (χ2n) is 9.54. The molecule has 0 aliphatic heterocycles. The number of carbonyl (C=O) groups excluding carboxylic acids is 2. The summed E-state index contributed by atoms with van der Waals surface area (Å²) < 4.78 is 0. The largest absolute Gasteiger partial charge is 0.361 e. The quantitative estimate of drug-likeness (QED) is 0.327. The number of hydrogen-bond donors (Lipinski definition) is 1. The molecule has 0 unspecified atom stereocenters. The van der Waals surface area contributed by atoms with E-state index in [1.807, 2.05) is 53.6 Å². The lowest BCUT2D eigenvalue weighted by molar-refractivity contribution is -0.141. The average Bonchev–Trinajstić information content (AvgIpc) is 3.25. The number of nitrogens with zero attached hydrogens (tertiary/aromatic N) is 2. The van der Waals surface area contributed by atoms with Crippen molar-refractivity contribution in [3.63, 3.8) is 0 Å². The van der Waals surface area contributed by atoms with Gasteiger partial charge in [0, 0.05) is 43.2 Å². The molecule has 0 atom stereocenters. The molecule has 2 aromatic carbocycles. The zero-order valence-electron chi connectivity index (χ0n) is 20.9. The summed E-state index contributed by atoms with van der Waals surface area (Å²) in [5.41, 5.74) is 3.41. The number of fused-ring (bicyclic) bond motifs is 1. The second-order valence-corrected chi connectivity index (χ2v) is 9.54. The highest BCUT2D eigenvalue weighted by atomic mass is 16.2. The van der Waals surface area contributed by atoms with E-state index < -0.39 is 0 Å². The fraction of sp³-hybridized carbons (Fsp3) is 0.448. The van der Waals surface area contributed by atoms with Crippen molar-refractivity contribution in [1.29, 1.82) is 0 Å². The van der Waals surface area contributed by atoms with Crippen molar-refractivity contribution in [2.24, 2.45) is 5.92 Å². The van der Waals surface area contributed by atoms with Crippen LogP contribution >= 0.6 is 0 Å². The number of nitrogens with one attached hydrogen (secondary N) is 1. The first-order valence-electron chi connectivity index (χ1n) is 12.6. The maximum absolute atomic E-state index is 13.5. The molecule has 3 rings (SSSR count). The Morgan fingerprint density at radius 1 is 0.912 bits per heavy atom. The molecule has 0 spiro atoms. The third-order valence-electron chi connectivity index (χ3n) is 6.15. The van der Waals surface area contributed by atoms with Gasteiger partial charge in [0.1, 0.15) is 0 Å². The molecule has 1 aromatic heterocycles. The molecule has 5 heteroatoms. The first-order valence-corrected chi connectivity index (χ1v) is 12.6. The first-order chi connectivity index (χ1) is 16.5. The van der Waals surface area contributed by atoms with Gasteiger partial charge >= 0.3 is 0 Å². The molecule has 1 N–H and O–H groups in total. The topological polar surface area (TPSA) is 56.4 Å². The molecule has 1 heterocycles. The number of amides is 2. The van der Waals surface area contributed by atoms with Crippen LogP contribution in [0.4, 0.5) is 0 Å². The van der Waals surface area contributed by atoms with Crippen molar-refractivity contribution in [3.8, 4) is 0 Å². The van der Waals surface area contributed by atoms with E-state index in [-0.39, 0.29) is 18.4 Å². The second kappa shape index (κ2) is 13.0. The van der Waals surface area contributed by atoms with Gasteiger partial charge in [0.05, 0.1) is 6.54 Å². The fourth-order valence-corrected chi connectivity index (χ4v) is 4.33. The van der Waals surface area contributed by atoms with Crippen molar-refractivity contribution in [1.82, 2.24) is 14.8 Å². The fourth-order valence-electron chi connectivity index (χ4n) is 4.33. The Morgan fingerprint density at radius 3 is 2.38 bits per heavy atom. The van der Waals surface area contributed by atoms with Crippen molar-refractivity contribution < 1.29 is 9.59 Å². The molecule has 0 saturated carbocycles. The number of rotatable bonds is 13. The number of unbranched alkanes of at least 4 members (excludes halogenated alkanes) is 2. The highest BCUT2D eigenvalue weighted by Crippen LogP contribution is 2.19. The Bertz CT molecular complexity index is 1040. The van der Waals surface area contributed by atoms with Gasteiger partial charge in [-0.25, -0.2) is 0 Å². The van der Waals surface area contributed by atoms with Gasteiger partial charge in [0.2, 0.25) is 11.8 Å². The van der Waals surface area contributed by atoms with Gasteiger partial charge in [0.25, 0.3) is 0 Å². The first kappa shape index (κ1) is 25.5. The van der Waals surface area contributed by atoms with E-state index >= 15 is 0 Å². The van der Waals surface area contributed by atoms with Crippen LogP contribution in [0.25, 0.3) is 10.9 Å². The number of H-pyrrole nitrogens is 1. The van der Waals surface area contributed by atoms with Gasteiger partial charge in [0.15, 0.2) is 0 Å².